The Bertz CT molecular complexity index is 1950. The number of amides is 1. The van der Waals surface area contributed by atoms with Gasteiger partial charge in [0.25, 0.3) is 5.91 Å². The quantitative estimate of drug-likeness (QED) is 0.305. The number of hydrogen-bond acceptors (Lipinski definition) is 9. The van der Waals surface area contributed by atoms with E-state index in [1.165, 1.54) is 22.8 Å². The number of aromatic nitrogens is 5. The van der Waals surface area contributed by atoms with Gasteiger partial charge in [0, 0.05) is 47.1 Å². The molecule has 5 aromatic rings. The number of nitrogens with zero attached hydrogens (tertiary/aromatic N) is 6. The van der Waals surface area contributed by atoms with Gasteiger partial charge in [-0.05, 0) is 43.9 Å². The normalized spacial score (nSPS) is 20.0. The van der Waals surface area contributed by atoms with Crippen LogP contribution in [0.2, 0.25) is 0 Å². The van der Waals surface area contributed by atoms with E-state index < -0.39 is 9.84 Å². The number of nitrogens with two attached hydrogens (primary N) is 1. The van der Waals surface area contributed by atoms with Crippen LogP contribution in [0.1, 0.15) is 47.8 Å². The van der Waals surface area contributed by atoms with E-state index in [0.717, 1.165) is 35.9 Å². The molecule has 2 aliphatic rings. The number of carbonyl (C=O) groups is 1. The first kappa shape index (κ1) is 27.0. The van der Waals surface area contributed by atoms with Crippen LogP contribution in [-0.4, -0.2) is 67.2 Å². The topological polar surface area (TPSA) is 157 Å². The molecule has 2 bridgehead atoms. The molecule has 0 aliphatic carbocycles. The molecule has 0 spiro atoms. The maximum atomic E-state index is 13.4. The molecule has 2 saturated heterocycles. The van der Waals surface area contributed by atoms with Gasteiger partial charge in [0.2, 0.25) is 0 Å². The minimum atomic E-state index is -3.76. The number of hydrogen-bond donors (Lipinski definition) is 2. The van der Waals surface area contributed by atoms with Crippen molar-refractivity contribution in [1.82, 2.24) is 29.5 Å². The maximum absolute atomic E-state index is 13.4. The molecule has 11 nitrogen and oxygen atoms in total. The van der Waals surface area contributed by atoms with Crippen LogP contribution in [-0.2, 0) is 9.84 Å². The zero-order chi connectivity index (χ0) is 29.9. The lowest BCUT2D eigenvalue weighted by Gasteiger charge is -2.39. The Labute approximate surface area is 248 Å². The number of sulfone groups is 1. The first-order valence-electron chi connectivity index (χ1n) is 14.1. The molecule has 0 saturated carbocycles. The Hall–Kier alpha value is -4.84. The van der Waals surface area contributed by atoms with Gasteiger partial charge >= 0.3 is 0 Å². The molecule has 3 atom stereocenters. The Kier molecular flexibility index (Phi) is 6.38. The molecule has 1 unspecified atom stereocenters. The van der Waals surface area contributed by atoms with E-state index in [1.54, 1.807) is 12.4 Å². The maximum Gasteiger partial charge on any atom is 0.272 e. The standard InChI is InChI=1S/C31H29N7O4S/c1-43(41,42)28-27(20-13-21-8-9-22(14-20)37(21)31(40)26-12-10-23(39)16-34-26)36-30-24(17-35-38(30)29(28)32)19-7-11-25(33-15-19)18-5-3-2-4-6-18/h2-7,10-12,15-17,20-22,39H,8-9,13-14,32H2,1H3/t20?,21-,22+. The van der Waals surface area contributed by atoms with E-state index >= 15 is 0 Å². The van der Waals surface area contributed by atoms with Gasteiger partial charge in [-0.15, -0.1) is 0 Å². The average molecular weight is 596 g/mol. The van der Waals surface area contributed by atoms with E-state index in [0.29, 0.717) is 29.7 Å². The first-order valence-corrected chi connectivity index (χ1v) is 15.9. The lowest BCUT2D eigenvalue weighted by molar-refractivity contribution is 0.0562. The van der Waals surface area contributed by atoms with E-state index in [1.807, 2.05) is 47.4 Å². The van der Waals surface area contributed by atoms with Crippen molar-refractivity contribution in [2.45, 2.75) is 48.6 Å². The summed E-state index contributed by atoms with van der Waals surface area (Å²) in [5.74, 6) is -0.413. The summed E-state index contributed by atoms with van der Waals surface area (Å²) in [5, 5.41) is 14.0. The van der Waals surface area contributed by atoms with Gasteiger partial charge < -0.3 is 15.7 Å². The van der Waals surface area contributed by atoms with Crippen molar-refractivity contribution in [3.63, 3.8) is 0 Å². The van der Waals surface area contributed by atoms with E-state index in [-0.39, 0.29) is 46.1 Å². The van der Waals surface area contributed by atoms with Crippen molar-refractivity contribution in [2.24, 2.45) is 0 Å². The minimum Gasteiger partial charge on any atom is -0.506 e. The fraction of sp³-hybridized carbons (Fsp3) is 0.258. The number of nitrogen functional groups attached to an aromatic ring is 1. The molecule has 1 aromatic carbocycles. The predicted octanol–water partition coefficient (Wildman–Crippen LogP) is 4.10. The van der Waals surface area contributed by atoms with E-state index in [9.17, 15) is 18.3 Å². The fourth-order valence-electron chi connectivity index (χ4n) is 6.59. The van der Waals surface area contributed by atoms with Crippen molar-refractivity contribution >= 4 is 27.2 Å². The molecule has 3 N–H and O–H groups in total. The molecule has 43 heavy (non-hydrogen) atoms. The van der Waals surface area contributed by atoms with Gasteiger partial charge in [0.05, 0.1) is 23.8 Å². The second kappa shape index (κ2) is 10.2. The highest BCUT2D eigenvalue weighted by molar-refractivity contribution is 7.91. The summed E-state index contributed by atoms with van der Waals surface area (Å²) >= 11 is 0. The molecule has 0 radical (unpaired) electrons. The molecule has 2 fully saturated rings. The molecule has 4 aromatic heterocycles. The lowest BCUT2D eigenvalue weighted by atomic mass is 9.87. The van der Waals surface area contributed by atoms with Gasteiger partial charge in [-0.25, -0.2) is 18.4 Å². The summed E-state index contributed by atoms with van der Waals surface area (Å²) in [6.07, 6.45) is 8.46. The zero-order valence-corrected chi connectivity index (χ0v) is 24.1. The molecule has 12 heteroatoms. The second-order valence-electron chi connectivity index (χ2n) is 11.2. The highest BCUT2D eigenvalue weighted by Gasteiger charge is 2.46. The van der Waals surface area contributed by atoms with Crippen LogP contribution in [0.15, 0.2) is 78.1 Å². The van der Waals surface area contributed by atoms with Crippen LogP contribution in [0.25, 0.3) is 28.0 Å². The van der Waals surface area contributed by atoms with Crippen molar-refractivity contribution < 1.29 is 18.3 Å². The van der Waals surface area contributed by atoms with Crippen LogP contribution in [0.3, 0.4) is 0 Å². The van der Waals surface area contributed by atoms with Crippen LogP contribution in [0.5, 0.6) is 5.75 Å². The van der Waals surface area contributed by atoms with Gasteiger partial charge in [0.15, 0.2) is 15.5 Å². The largest absolute Gasteiger partial charge is 0.506 e. The first-order chi connectivity index (χ1) is 20.7. The van der Waals surface area contributed by atoms with Crippen molar-refractivity contribution in [3.05, 3.63) is 84.6 Å². The smallest absolute Gasteiger partial charge is 0.272 e. The summed E-state index contributed by atoms with van der Waals surface area (Å²) in [4.78, 5) is 28.9. The van der Waals surface area contributed by atoms with E-state index in [4.69, 9.17) is 10.7 Å². The van der Waals surface area contributed by atoms with Crippen molar-refractivity contribution in [3.8, 4) is 28.1 Å². The number of benzene rings is 1. The Balaban J connectivity index is 1.26. The molecule has 2 aliphatic heterocycles. The summed E-state index contributed by atoms with van der Waals surface area (Å²) in [7, 11) is -3.76. The monoisotopic (exact) mass is 595 g/mol. The molecule has 7 rings (SSSR count). The van der Waals surface area contributed by atoms with E-state index in [2.05, 4.69) is 15.1 Å². The van der Waals surface area contributed by atoms with Crippen LogP contribution >= 0.6 is 0 Å². The third kappa shape index (κ3) is 4.67. The van der Waals surface area contributed by atoms with Gasteiger partial charge in [0.1, 0.15) is 22.2 Å². The number of piperidine rings is 1. The lowest BCUT2D eigenvalue weighted by Crippen LogP contribution is -2.46. The van der Waals surface area contributed by atoms with Gasteiger partial charge in [-0.3, -0.25) is 9.78 Å². The predicted molar refractivity (Wildman–Crippen MR) is 160 cm³/mol. The summed E-state index contributed by atoms with van der Waals surface area (Å²) < 4.78 is 27.6. The highest BCUT2D eigenvalue weighted by atomic mass is 32.2. The number of fused-ring (bicyclic) bond motifs is 3. The Morgan fingerprint density at radius 2 is 1.67 bits per heavy atom. The van der Waals surface area contributed by atoms with Crippen LogP contribution < -0.4 is 5.73 Å². The third-order valence-electron chi connectivity index (χ3n) is 8.50. The Morgan fingerprint density at radius 1 is 0.930 bits per heavy atom. The average Bonchev–Trinajstić information content (AvgIpc) is 3.55. The number of rotatable bonds is 5. The SMILES string of the molecule is CS(=O)(=O)c1c(C2C[C@H]3CC[C@@H](C2)N3C(=O)c2ccc(O)cn2)nc2c(-c3ccc(-c4ccccc4)nc3)cnn2c1N. The van der Waals surface area contributed by atoms with Crippen molar-refractivity contribution in [1.29, 1.82) is 0 Å². The number of aromatic hydroxyl groups is 1. The van der Waals surface area contributed by atoms with Gasteiger partial charge in [-0.2, -0.15) is 9.61 Å². The Morgan fingerprint density at radius 3 is 2.30 bits per heavy atom. The van der Waals surface area contributed by atoms with Gasteiger partial charge in [-0.1, -0.05) is 36.4 Å². The van der Waals surface area contributed by atoms with Crippen molar-refractivity contribution in [2.75, 3.05) is 12.0 Å². The molecule has 6 heterocycles. The fourth-order valence-corrected chi connectivity index (χ4v) is 7.65. The second-order valence-corrected chi connectivity index (χ2v) is 13.2. The van der Waals surface area contributed by atoms with Crippen LogP contribution in [0.4, 0.5) is 5.82 Å². The highest BCUT2D eigenvalue weighted by Crippen LogP contribution is 2.45. The summed E-state index contributed by atoms with van der Waals surface area (Å²) in [6, 6.07) is 16.5. The number of pyridine rings is 2. The third-order valence-corrected chi connectivity index (χ3v) is 9.66. The molecular weight excluding hydrogens is 566 g/mol. The molecule has 1 amide bonds. The minimum absolute atomic E-state index is 0.00671. The molecular formula is C31H29N7O4S. The summed E-state index contributed by atoms with van der Waals surface area (Å²) in [5.41, 5.74) is 10.9. The number of anilines is 1. The summed E-state index contributed by atoms with van der Waals surface area (Å²) in [6.45, 7) is 0. The molecule has 218 valence electrons. The van der Waals surface area contributed by atoms with Crippen LogP contribution in [0, 0.1) is 0 Å². The zero-order valence-electron chi connectivity index (χ0n) is 23.3. The number of carbonyl (C=O) groups excluding carboxylic acids is 1.